The number of carbonyl (C=O) groups excluding carboxylic acids is 1. The van der Waals surface area contributed by atoms with Crippen LogP contribution in [0.15, 0.2) is 50.4 Å². The Kier molecular flexibility index (Phi) is 6.12. The minimum atomic E-state index is -0.376. The third kappa shape index (κ3) is 5.33. The van der Waals surface area contributed by atoms with E-state index in [0.717, 1.165) is 4.47 Å². The van der Waals surface area contributed by atoms with Gasteiger partial charge in [0.05, 0.1) is 17.2 Å². The average Bonchev–Trinajstić information content (AvgIpc) is 2.51. The van der Waals surface area contributed by atoms with E-state index in [2.05, 4.69) is 47.7 Å². The summed E-state index contributed by atoms with van der Waals surface area (Å²) in [5, 5.41) is 16.5. The lowest BCUT2D eigenvalue weighted by Crippen LogP contribution is -2.25. The molecule has 0 spiro atoms. The van der Waals surface area contributed by atoms with Crippen LogP contribution in [0.25, 0.3) is 0 Å². The zero-order valence-corrected chi connectivity index (χ0v) is 14.9. The number of hydrazone groups is 1. The minimum Gasteiger partial charge on any atom is -0.506 e. The molecule has 0 aliphatic carbocycles. The average molecular weight is 445 g/mol. The molecule has 23 heavy (non-hydrogen) atoms. The highest BCUT2D eigenvalue weighted by molar-refractivity contribution is 9.11. The van der Waals surface area contributed by atoms with E-state index < -0.39 is 0 Å². The van der Waals surface area contributed by atoms with Crippen LogP contribution in [-0.2, 0) is 4.79 Å². The number of hydrogen-bond acceptors (Lipinski definition) is 4. The molecule has 0 fully saturated rings. The summed E-state index contributed by atoms with van der Waals surface area (Å²) < 4.78 is 14.0. The maximum absolute atomic E-state index is 12.7. The molecule has 0 unspecified atom stereocenters. The first-order chi connectivity index (χ1) is 11.0. The lowest BCUT2D eigenvalue weighted by atomic mass is 10.2. The van der Waals surface area contributed by atoms with E-state index >= 15 is 0 Å². The fourth-order valence-corrected chi connectivity index (χ4v) is 2.91. The first-order valence-electron chi connectivity index (χ1n) is 6.45. The lowest BCUT2D eigenvalue weighted by molar-refractivity contribution is -0.119. The van der Waals surface area contributed by atoms with Gasteiger partial charge in [-0.2, -0.15) is 5.10 Å². The lowest BCUT2D eigenvalue weighted by Gasteiger charge is -2.05. The molecule has 0 saturated carbocycles. The number of anilines is 1. The maximum Gasteiger partial charge on any atom is 0.259 e. The molecule has 0 atom stereocenters. The largest absolute Gasteiger partial charge is 0.506 e. The second-order valence-corrected chi connectivity index (χ2v) is 6.25. The number of halogens is 3. The van der Waals surface area contributed by atoms with Crippen molar-refractivity contribution in [2.24, 2.45) is 5.10 Å². The third-order valence-corrected chi connectivity index (χ3v) is 3.81. The summed E-state index contributed by atoms with van der Waals surface area (Å²) in [6.07, 6.45) is 1.33. The second-order valence-electron chi connectivity index (χ2n) is 4.48. The fraction of sp³-hybridized carbons (Fsp3) is 0.0667. The fourth-order valence-electron chi connectivity index (χ4n) is 1.65. The molecule has 2 aromatic carbocycles. The van der Waals surface area contributed by atoms with E-state index in [1.54, 1.807) is 12.1 Å². The van der Waals surface area contributed by atoms with Crippen molar-refractivity contribution in [3.63, 3.8) is 0 Å². The van der Waals surface area contributed by atoms with Gasteiger partial charge in [-0.05, 0) is 52.3 Å². The van der Waals surface area contributed by atoms with Crippen molar-refractivity contribution in [1.82, 2.24) is 5.43 Å². The van der Waals surface area contributed by atoms with Crippen LogP contribution < -0.4 is 10.7 Å². The van der Waals surface area contributed by atoms with Crippen molar-refractivity contribution in [2.45, 2.75) is 0 Å². The maximum atomic E-state index is 12.7. The number of benzene rings is 2. The Hall–Kier alpha value is -1.93. The summed E-state index contributed by atoms with van der Waals surface area (Å²) in [5.74, 6) is -0.695. The molecular formula is C15H12Br2FN3O2. The topological polar surface area (TPSA) is 73.7 Å². The smallest absolute Gasteiger partial charge is 0.259 e. The van der Waals surface area contributed by atoms with Crippen LogP contribution in [0.5, 0.6) is 5.75 Å². The molecular weight excluding hydrogens is 433 g/mol. The minimum absolute atomic E-state index is 0.0167. The van der Waals surface area contributed by atoms with Crippen LogP contribution in [-0.4, -0.2) is 23.8 Å². The predicted octanol–water partition coefficient (Wildman–Crippen LogP) is 3.62. The van der Waals surface area contributed by atoms with Crippen molar-refractivity contribution in [3.05, 3.63) is 56.7 Å². The van der Waals surface area contributed by atoms with Crippen molar-refractivity contribution in [3.8, 4) is 5.75 Å². The van der Waals surface area contributed by atoms with Gasteiger partial charge in [-0.15, -0.1) is 0 Å². The van der Waals surface area contributed by atoms with Gasteiger partial charge in [0, 0.05) is 15.7 Å². The number of amides is 1. The Morgan fingerprint density at radius 1 is 1.26 bits per heavy atom. The van der Waals surface area contributed by atoms with E-state index in [-0.39, 0.29) is 24.0 Å². The van der Waals surface area contributed by atoms with Gasteiger partial charge < -0.3 is 10.4 Å². The SMILES string of the molecule is O=C(CNc1ccc(F)cc1)N/N=C\c1cc(Br)cc(Br)c1O. The van der Waals surface area contributed by atoms with E-state index in [9.17, 15) is 14.3 Å². The number of nitrogens with one attached hydrogen (secondary N) is 2. The Balaban J connectivity index is 1.88. The summed E-state index contributed by atoms with van der Waals surface area (Å²) in [5.41, 5.74) is 3.40. The Morgan fingerprint density at radius 3 is 2.65 bits per heavy atom. The summed E-state index contributed by atoms with van der Waals surface area (Å²) in [6, 6.07) is 9.01. The van der Waals surface area contributed by atoms with Crippen LogP contribution in [0, 0.1) is 5.82 Å². The number of carbonyl (C=O) groups is 1. The number of rotatable bonds is 5. The van der Waals surface area contributed by atoms with E-state index in [4.69, 9.17) is 0 Å². The van der Waals surface area contributed by atoms with Gasteiger partial charge in [-0.25, -0.2) is 9.82 Å². The highest BCUT2D eigenvalue weighted by atomic mass is 79.9. The van der Waals surface area contributed by atoms with Gasteiger partial charge in [0.1, 0.15) is 11.6 Å². The number of aromatic hydroxyl groups is 1. The highest BCUT2D eigenvalue weighted by Crippen LogP contribution is 2.30. The van der Waals surface area contributed by atoms with Crippen molar-refractivity contribution in [2.75, 3.05) is 11.9 Å². The number of phenols is 1. The normalized spacial score (nSPS) is 10.7. The van der Waals surface area contributed by atoms with Crippen LogP contribution in [0.3, 0.4) is 0 Å². The van der Waals surface area contributed by atoms with Crippen molar-refractivity contribution in [1.29, 1.82) is 0 Å². The molecule has 0 saturated heterocycles. The van der Waals surface area contributed by atoms with E-state index in [1.807, 2.05) is 0 Å². The Bertz CT molecular complexity index is 736. The Morgan fingerprint density at radius 2 is 1.96 bits per heavy atom. The third-order valence-electron chi connectivity index (χ3n) is 2.75. The standard InChI is InChI=1S/C15H12Br2FN3O2/c16-10-5-9(15(23)13(17)6-10)7-20-21-14(22)8-19-12-3-1-11(18)2-4-12/h1-7,19,23H,8H2,(H,21,22)/b20-7-. The van der Waals surface area contributed by atoms with Crippen LogP contribution in [0.1, 0.15) is 5.56 Å². The van der Waals surface area contributed by atoms with Gasteiger partial charge in [0.15, 0.2) is 0 Å². The predicted molar refractivity (Wildman–Crippen MR) is 94.1 cm³/mol. The first-order valence-corrected chi connectivity index (χ1v) is 8.03. The molecule has 1 amide bonds. The first kappa shape index (κ1) is 17.4. The number of hydrogen-bond donors (Lipinski definition) is 3. The molecule has 120 valence electrons. The molecule has 5 nitrogen and oxygen atoms in total. The Labute approximate surface area is 148 Å². The summed E-state index contributed by atoms with van der Waals surface area (Å²) >= 11 is 6.50. The molecule has 2 rings (SSSR count). The van der Waals surface area contributed by atoms with Crippen molar-refractivity contribution < 1.29 is 14.3 Å². The van der Waals surface area contributed by atoms with Crippen LogP contribution in [0.4, 0.5) is 10.1 Å². The summed E-state index contributed by atoms with van der Waals surface area (Å²) in [4.78, 5) is 11.6. The number of phenolic OH excluding ortho intramolecular Hbond substituents is 1. The van der Waals surface area contributed by atoms with Crippen molar-refractivity contribution >= 4 is 49.7 Å². The van der Waals surface area contributed by atoms with E-state index in [0.29, 0.717) is 15.7 Å². The molecule has 0 radical (unpaired) electrons. The van der Waals surface area contributed by atoms with Crippen LogP contribution >= 0.6 is 31.9 Å². The summed E-state index contributed by atoms with van der Waals surface area (Å²) in [7, 11) is 0. The zero-order valence-electron chi connectivity index (χ0n) is 11.7. The molecule has 8 heteroatoms. The molecule has 0 heterocycles. The molecule has 2 aromatic rings. The van der Waals surface area contributed by atoms with E-state index in [1.165, 1.54) is 30.5 Å². The van der Waals surface area contributed by atoms with Gasteiger partial charge in [-0.1, -0.05) is 15.9 Å². The molecule has 0 bridgehead atoms. The van der Waals surface area contributed by atoms with Gasteiger partial charge in [0.2, 0.25) is 0 Å². The molecule has 0 aliphatic rings. The monoisotopic (exact) mass is 443 g/mol. The van der Waals surface area contributed by atoms with Gasteiger partial charge in [0.25, 0.3) is 5.91 Å². The van der Waals surface area contributed by atoms with Gasteiger partial charge >= 0.3 is 0 Å². The van der Waals surface area contributed by atoms with Crippen LogP contribution in [0.2, 0.25) is 0 Å². The quantitative estimate of drug-likeness (QED) is 0.487. The molecule has 0 aliphatic heterocycles. The summed E-state index contributed by atoms with van der Waals surface area (Å²) in [6.45, 7) is -0.0167. The highest BCUT2D eigenvalue weighted by Gasteiger charge is 2.05. The molecule has 3 N–H and O–H groups in total. The van der Waals surface area contributed by atoms with Gasteiger partial charge in [-0.3, -0.25) is 4.79 Å². The molecule has 0 aromatic heterocycles. The number of nitrogens with zero attached hydrogens (tertiary/aromatic N) is 1. The second kappa shape index (κ2) is 8.07. The zero-order chi connectivity index (χ0) is 16.8.